The van der Waals surface area contributed by atoms with Gasteiger partial charge in [-0.25, -0.2) is 0 Å². The fourth-order valence-corrected chi connectivity index (χ4v) is 6.84. The quantitative estimate of drug-likeness (QED) is 0.185. The summed E-state index contributed by atoms with van der Waals surface area (Å²) in [4.78, 5) is 0. The zero-order valence-electron chi connectivity index (χ0n) is 21.3. The van der Waals surface area contributed by atoms with Gasteiger partial charge < -0.3 is 4.28 Å². The van der Waals surface area contributed by atoms with Crippen LogP contribution in [0.4, 0.5) is 0 Å². The van der Waals surface area contributed by atoms with Gasteiger partial charge >= 0.3 is 6.35 Å². The molecule has 0 saturated carbocycles. The van der Waals surface area contributed by atoms with E-state index in [1.54, 1.807) is 0 Å². The van der Waals surface area contributed by atoms with Crippen molar-refractivity contribution >= 4 is 55.1 Å². The molecule has 0 amide bonds. The van der Waals surface area contributed by atoms with E-state index in [4.69, 9.17) is 0 Å². The van der Waals surface area contributed by atoms with Crippen LogP contribution in [-0.4, -0.2) is 20.1 Å². The van der Waals surface area contributed by atoms with Gasteiger partial charge in [-0.05, 0) is 50.9 Å². The maximum atomic E-state index is 3.66. The maximum Gasteiger partial charge on any atom is 0.377 e. The normalized spacial score (nSPS) is 15.7. The molecule has 1 aliphatic heterocycles. The van der Waals surface area contributed by atoms with Crippen molar-refractivity contribution in [2.24, 2.45) is 0 Å². The summed E-state index contributed by atoms with van der Waals surface area (Å²) in [5.74, 6) is 0. The Balaban J connectivity index is 1.56. The maximum absolute atomic E-state index is 3.66. The predicted octanol–water partition coefficient (Wildman–Crippen LogP) is 7.41. The minimum absolute atomic E-state index is 0.863. The second kappa shape index (κ2) is 8.47. The van der Waals surface area contributed by atoms with Crippen molar-refractivity contribution in [1.29, 1.82) is 0 Å². The van der Waals surface area contributed by atoms with Crippen molar-refractivity contribution in [1.82, 2.24) is 0 Å². The molecule has 1 heterocycles. The topological polar surface area (TPSA) is 2.70 Å². The van der Waals surface area contributed by atoms with Crippen molar-refractivity contribution < 1.29 is 4.28 Å². The van der Waals surface area contributed by atoms with Gasteiger partial charge in [0.25, 0.3) is 0 Å². The molecular formula is C35H29BO. The Hall–Kier alpha value is -4.14. The first kappa shape index (κ1) is 22.1. The molecule has 37 heavy (non-hydrogen) atoms. The smallest absolute Gasteiger partial charge is 0.377 e. The Bertz CT molecular complexity index is 1770. The molecule has 2 heteroatoms. The highest BCUT2D eigenvalue weighted by Gasteiger charge is 2.50. The van der Waals surface area contributed by atoms with Gasteiger partial charge in [0.2, 0.25) is 0 Å². The molecule has 0 atom stereocenters. The number of benzene rings is 6. The molecule has 0 N–H and O–H groups in total. The third-order valence-electron chi connectivity index (χ3n) is 8.46. The monoisotopic (exact) mass is 476 g/mol. The van der Waals surface area contributed by atoms with Crippen LogP contribution >= 0.6 is 0 Å². The summed E-state index contributed by atoms with van der Waals surface area (Å²) in [6.45, 7) is 3.17. The molecule has 0 saturated heterocycles. The van der Waals surface area contributed by atoms with Gasteiger partial charge in [0.1, 0.15) is 6.61 Å². The van der Waals surface area contributed by atoms with Crippen molar-refractivity contribution in [2.45, 2.75) is 6.92 Å². The predicted molar refractivity (Wildman–Crippen MR) is 161 cm³/mol. The lowest BCUT2D eigenvalue weighted by atomic mass is 9.27. The van der Waals surface area contributed by atoms with E-state index >= 15 is 0 Å². The molecule has 0 fully saturated rings. The van der Waals surface area contributed by atoms with Gasteiger partial charge in [-0.2, -0.15) is 0 Å². The van der Waals surface area contributed by atoms with Crippen LogP contribution in [0.15, 0.2) is 133 Å². The first-order valence-corrected chi connectivity index (χ1v) is 13.1. The standard InChI is InChI=1S/C35H29BO/c1-25-24-37(2)36(33-19-17-27-10-4-7-13-30(27)22-33,34-20-18-28-11-5-8-14-31(28)23-34)35(25)32-16-15-26-9-3-6-12-29(26)21-32/h3-23H,24H2,1-2H3. The van der Waals surface area contributed by atoms with Gasteiger partial charge in [0, 0.05) is 0 Å². The molecule has 1 nitrogen and oxygen atoms in total. The van der Waals surface area contributed by atoms with Gasteiger partial charge in [0.05, 0.1) is 7.11 Å². The molecule has 6 aromatic rings. The van der Waals surface area contributed by atoms with Crippen LogP contribution in [0.25, 0.3) is 37.8 Å². The average molecular weight is 476 g/mol. The van der Waals surface area contributed by atoms with E-state index < -0.39 is 6.35 Å². The molecular weight excluding hydrogens is 447 g/mol. The average Bonchev–Trinajstić information content (AvgIpc) is 3.22. The van der Waals surface area contributed by atoms with E-state index in [-0.39, 0.29) is 0 Å². The molecule has 0 radical (unpaired) electrons. The van der Waals surface area contributed by atoms with Crippen LogP contribution in [-0.2, 0) is 4.28 Å². The molecule has 178 valence electrons. The van der Waals surface area contributed by atoms with Crippen LogP contribution in [0, 0.1) is 0 Å². The Morgan fingerprint density at radius 1 is 0.514 bits per heavy atom. The first-order chi connectivity index (χ1) is 18.1. The molecule has 0 bridgehead atoms. The van der Waals surface area contributed by atoms with Crippen LogP contribution in [0.5, 0.6) is 0 Å². The summed E-state index contributed by atoms with van der Waals surface area (Å²) in [6.07, 6.45) is -1.44. The molecule has 0 aliphatic carbocycles. The number of hydrogen-bond donors (Lipinski definition) is 0. The highest BCUT2D eigenvalue weighted by molar-refractivity contribution is 7.12. The van der Waals surface area contributed by atoms with Crippen LogP contribution < -0.4 is 10.9 Å². The minimum atomic E-state index is -1.44. The highest BCUT2D eigenvalue weighted by atomic mass is 16.6. The molecule has 1 aliphatic rings. The van der Waals surface area contributed by atoms with E-state index in [9.17, 15) is 0 Å². The van der Waals surface area contributed by atoms with Crippen molar-refractivity contribution in [3.63, 3.8) is 0 Å². The van der Waals surface area contributed by atoms with Crippen molar-refractivity contribution in [3.8, 4) is 0 Å². The molecule has 0 aromatic heterocycles. The Kier molecular flexibility index (Phi) is 5.06. The van der Waals surface area contributed by atoms with Crippen LogP contribution in [0.2, 0.25) is 0 Å². The molecule has 0 unspecified atom stereocenters. The van der Waals surface area contributed by atoms with Crippen LogP contribution in [0.3, 0.4) is 0 Å². The minimum Gasteiger partial charge on any atom is -0.659 e. The number of rotatable bonds is 3. The van der Waals surface area contributed by atoms with E-state index in [0.717, 1.165) is 6.61 Å². The Labute approximate surface area is 218 Å². The molecule has 7 rings (SSSR count). The van der Waals surface area contributed by atoms with Gasteiger partial charge in [-0.3, -0.25) is 0 Å². The summed E-state index contributed by atoms with van der Waals surface area (Å²) in [6, 6.07) is 47.1. The second-order valence-corrected chi connectivity index (χ2v) is 10.6. The summed E-state index contributed by atoms with van der Waals surface area (Å²) in [5.41, 5.74) is 6.80. The van der Waals surface area contributed by atoms with E-state index in [2.05, 4.69) is 146 Å². The molecule has 6 aromatic carbocycles. The zero-order chi connectivity index (χ0) is 25.0. The number of fused-ring (bicyclic) bond motifs is 3. The summed E-state index contributed by atoms with van der Waals surface area (Å²) < 4.78 is 3.66. The summed E-state index contributed by atoms with van der Waals surface area (Å²) >= 11 is 0. The lowest BCUT2D eigenvalue weighted by Crippen LogP contribution is -2.64. The third-order valence-corrected chi connectivity index (χ3v) is 8.46. The summed E-state index contributed by atoms with van der Waals surface area (Å²) in [7, 11) is 2.22. The largest absolute Gasteiger partial charge is 0.659 e. The van der Waals surface area contributed by atoms with Gasteiger partial charge in [-0.15, -0.1) is 10.9 Å². The van der Waals surface area contributed by atoms with E-state index in [1.165, 1.54) is 59.9 Å². The lowest BCUT2D eigenvalue weighted by Gasteiger charge is -2.43. The van der Waals surface area contributed by atoms with E-state index in [1.807, 2.05) is 0 Å². The zero-order valence-corrected chi connectivity index (χ0v) is 21.3. The molecule has 0 spiro atoms. The SMILES string of the molecule is CC1=C(c2ccc3ccccc3c2)[B-](c2ccc3ccccc3c2)(c2ccc3ccccc3c2)[O+](C)C1. The second-order valence-electron chi connectivity index (χ2n) is 10.6. The fraction of sp³-hybridized carbons (Fsp3) is 0.0857. The first-order valence-electron chi connectivity index (χ1n) is 13.1. The van der Waals surface area contributed by atoms with Gasteiger partial charge in [-0.1, -0.05) is 132 Å². The fourth-order valence-electron chi connectivity index (χ4n) is 6.84. The Morgan fingerprint density at radius 2 is 0.946 bits per heavy atom. The van der Waals surface area contributed by atoms with Crippen molar-refractivity contribution in [3.05, 3.63) is 139 Å². The Morgan fingerprint density at radius 3 is 1.46 bits per heavy atom. The van der Waals surface area contributed by atoms with Gasteiger partial charge in [0.15, 0.2) is 0 Å². The number of hydrogen-bond acceptors (Lipinski definition) is 0. The van der Waals surface area contributed by atoms with E-state index in [0.29, 0.717) is 0 Å². The summed E-state index contributed by atoms with van der Waals surface area (Å²) in [5, 5.41) is 7.65. The highest BCUT2D eigenvalue weighted by Crippen LogP contribution is 2.41. The third kappa shape index (κ3) is 3.37. The lowest BCUT2D eigenvalue weighted by molar-refractivity contribution is 0.0845. The van der Waals surface area contributed by atoms with Crippen LogP contribution in [0.1, 0.15) is 12.5 Å². The van der Waals surface area contributed by atoms with Crippen molar-refractivity contribution in [2.75, 3.05) is 13.7 Å².